The zero-order valence-corrected chi connectivity index (χ0v) is 13.8. The zero-order valence-electron chi connectivity index (χ0n) is 13.1. The van der Waals surface area contributed by atoms with Crippen LogP contribution in [-0.4, -0.2) is 9.97 Å². The summed E-state index contributed by atoms with van der Waals surface area (Å²) in [5.74, 6) is 0.808. The van der Waals surface area contributed by atoms with Crippen LogP contribution in [0.2, 0.25) is 5.02 Å². The van der Waals surface area contributed by atoms with Crippen LogP contribution in [-0.2, 0) is 6.54 Å². The summed E-state index contributed by atoms with van der Waals surface area (Å²) in [5, 5.41) is 6.96. The summed E-state index contributed by atoms with van der Waals surface area (Å²) in [5.41, 5.74) is 2.52. The highest BCUT2D eigenvalue weighted by Gasteiger charge is 2.04. The van der Waals surface area contributed by atoms with Gasteiger partial charge in [-0.15, -0.1) is 0 Å². The molecule has 3 rings (SSSR count). The standard InChI is InChI=1S/C18H16ClFN4/c1-12-9-17(23-16-4-2-3-15(20)10-16)24-18(22-12)21-11-13-5-7-14(19)8-6-13/h2-10H,11H2,1H3,(H2,21,22,23,24). The van der Waals surface area contributed by atoms with E-state index in [1.54, 1.807) is 18.2 Å². The fourth-order valence-corrected chi connectivity index (χ4v) is 2.34. The second-order valence-corrected chi connectivity index (χ2v) is 5.77. The van der Waals surface area contributed by atoms with Crippen molar-refractivity contribution < 1.29 is 4.39 Å². The lowest BCUT2D eigenvalue weighted by Crippen LogP contribution is -2.06. The van der Waals surface area contributed by atoms with E-state index in [1.165, 1.54) is 12.1 Å². The predicted octanol–water partition coefficient (Wildman–Crippen LogP) is 4.93. The van der Waals surface area contributed by atoms with E-state index < -0.39 is 0 Å². The number of halogens is 2. The molecule has 2 aromatic carbocycles. The fraction of sp³-hybridized carbons (Fsp3) is 0.111. The normalized spacial score (nSPS) is 10.5. The second kappa shape index (κ2) is 7.27. The molecule has 1 heterocycles. The quantitative estimate of drug-likeness (QED) is 0.690. The average molecular weight is 343 g/mol. The van der Waals surface area contributed by atoms with Crippen molar-refractivity contribution in [1.29, 1.82) is 0 Å². The molecule has 3 aromatic rings. The Morgan fingerprint density at radius 3 is 2.58 bits per heavy atom. The summed E-state index contributed by atoms with van der Waals surface area (Å²) in [6.07, 6.45) is 0. The van der Waals surface area contributed by atoms with Crippen LogP contribution in [0.15, 0.2) is 54.6 Å². The molecule has 0 amide bonds. The maximum atomic E-state index is 13.3. The number of aromatic nitrogens is 2. The van der Waals surface area contributed by atoms with Crippen molar-refractivity contribution in [2.24, 2.45) is 0 Å². The monoisotopic (exact) mass is 342 g/mol. The molecule has 0 saturated heterocycles. The zero-order chi connectivity index (χ0) is 16.9. The third-order valence-electron chi connectivity index (χ3n) is 3.32. The molecular weight excluding hydrogens is 327 g/mol. The summed E-state index contributed by atoms with van der Waals surface area (Å²) in [7, 11) is 0. The Morgan fingerprint density at radius 1 is 1.04 bits per heavy atom. The fourth-order valence-electron chi connectivity index (χ4n) is 2.21. The first kappa shape index (κ1) is 16.2. The topological polar surface area (TPSA) is 49.8 Å². The number of hydrogen-bond donors (Lipinski definition) is 2. The number of nitrogens with zero attached hydrogens (tertiary/aromatic N) is 2. The second-order valence-electron chi connectivity index (χ2n) is 5.33. The average Bonchev–Trinajstić information content (AvgIpc) is 2.54. The molecule has 4 nitrogen and oxygen atoms in total. The van der Waals surface area contributed by atoms with Gasteiger partial charge in [0.2, 0.25) is 5.95 Å². The van der Waals surface area contributed by atoms with Crippen molar-refractivity contribution in [1.82, 2.24) is 9.97 Å². The highest BCUT2D eigenvalue weighted by molar-refractivity contribution is 6.30. The number of benzene rings is 2. The molecule has 122 valence electrons. The molecule has 0 bridgehead atoms. The molecule has 0 aliphatic rings. The van der Waals surface area contributed by atoms with Gasteiger partial charge in [0.15, 0.2) is 0 Å². The molecule has 6 heteroatoms. The SMILES string of the molecule is Cc1cc(Nc2cccc(F)c2)nc(NCc2ccc(Cl)cc2)n1. The Bertz CT molecular complexity index is 837. The van der Waals surface area contributed by atoms with E-state index in [2.05, 4.69) is 20.6 Å². The lowest BCUT2D eigenvalue weighted by molar-refractivity contribution is 0.628. The lowest BCUT2D eigenvalue weighted by Gasteiger charge is -2.10. The molecule has 0 spiro atoms. The van der Waals surface area contributed by atoms with E-state index in [4.69, 9.17) is 11.6 Å². The summed E-state index contributed by atoms with van der Waals surface area (Å²) in [6, 6.07) is 15.6. The van der Waals surface area contributed by atoms with Crippen molar-refractivity contribution in [2.45, 2.75) is 13.5 Å². The van der Waals surface area contributed by atoms with Gasteiger partial charge >= 0.3 is 0 Å². The Morgan fingerprint density at radius 2 is 1.83 bits per heavy atom. The minimum Gasteiger partial charge on any atom is -0.350 e. The van der Waals surface area contributed by atoms with Crippen LogP contribution < -0.4 is 10.6 Å². The molecule has 0 atom stereocenters. The highest BCUT2D eigenvalue weighted by atomic mass is 35.5. The van der Waals surface area contributed by atoms with Gasteiger partial charge in [-0.1, -0.05) is 29.8 Å². The molecule has 0 unspecified atom stereocenters. The van der Waals surface area contributed by atoms with Gasteiger partial charge in [-0.25, -0.2) is 9.37 Å². The van der Waals surface area contributed by atoms with Gasteiger partial charge in [0, 0.05) is 29.0 Å². The molecular formula is C18H16ClFN4. The van der Waals surface area contributed by atoms with Crippen molar-refractivity contribution >= 4 is 29.1 Å². The Balaban J connectivity index is 1.72. The predicted molar refractivity (Wildman–Crippen MR) is 95.2 cm³/mol. The minimum atomic E-state index is -0.299. The third-order valence-corrected chi connectivity index (χ3v) is 3.57. The van der Waals surface area contributed by atoms with Crippen molar-refractivity contribution in [3.05, 3.63) is 76.7 Å². The number of anilines is 3. The number of aryl methyl sites for hydroxylation is 1. The van der Waals surface area contributed by atoms with E-state index in [9.17, 15) is 4.39 Å². The third kappa shape index (κ3) is 4.43. The van der Waals surface area contributed by atoms with Crippen molar-refractivity contribution in [3.63, 3.8) is 0 Å². The molecule has 0 saturated carbocycles. The first-order valence-electron chi connectivity index (χ1n) is 7.45. The van der Waals surface area contributed by atoms with E-state index in [-0.39, 0.29) is 5.82 Å². The summed E-state index contributed by atoms with van der Waals surface area (Å²) in [6.45, 7) is 2.46. The minimum absolute atomic E-state index is 0.299. The van der Waals surface area contributed by atoms with Crippen LogP contribution in [0.4, 0.5) is 21.8 Å². The number of nitrogens with one attached hydrogen (secondary N) is 2. The van der Waals surface area contributed by atoms with E-state index in [0.29, 0.717) is 29.0 Å². The van der Waals surface area contributed by atoms with Crippen LogP contribution in [0, 0.1) is 12.7 Å². The van der Waals surface area contributed by atoms with E-state index >= 15 is 0 Å². The van der Waals surface area contributed by atoms with Gasteiger partial charge in [-0.05, 0) is 42.8 Å². The van der Waals surface area contributed by atoms with Crippen LogP contribution in [0.25, 0.3) is 0 Å². The van der Waals surface area contributed by atoms with E-state index in [0.717, 1.165) is 11.3 Å². The van der Waals surface area contributed by atoms with Crippen molar-refractivity contribution in [2.75, 3.05) is 10.6 Å². The summed E-state index contributed by atoms with van der Waals surface area (Å²) < 4.78 is 13.3. The van der Waals surface area contributed by atoms with Gasteiger partial charge < -0.3 is 10.6 Å². The van der Waals surface area contributed by atoms with Crippen LogP contribution in [0.3, 0.4) is 0 Å². The Kier molecular flexibility index (Phi) is 4.91. The largest absolute Gasteiger partial charge is 0.350 e. The van der Waals surface area contributed by atoms with Gasteiger partial charge in [0.25, 0.3) is 0 Å². The van der Waals surface area contributed by atoms with Crippen LogP contribution in [0.5, 0.6) is 0 Å². The molecule has 0 fully saturated rings. The number of hydrogen-bond acceptors (Lipinski definition) is 4. The van der Waals surface area contributed by atoms with Crippen LogP contribution >= 0.6 is 11.6 Å². The molecule has 0 radical (unpaired) electrons. The molecule has 1 aromatic heterocycles. The van der Waals surface area contributed by atoms with Gasteiger partial charge in [-0.3, -0.25) is 0 Å². The van der Waals surface area contributed by atoms with E-state index in [1.807, 2.05) is 31.2 Å². The van der Waals surface area contributed by atoms with Gasteiger partial charge in [0.05, 0.1) is 0 Å². The number of rotatable bonds is 5. The highest BCUT2D eigenvalue weighted by Crippen LogP contribution is 2.18. The maximum absolute atomic E-state index is 13.3. The molecule has 2 N–H and O–H groups in total. The maximum Gasteiger partial charge on any atom is 0.225 e. The van der Waals surface area contributed by atoms with Crippen molar-refractivity contribution in [3.8, 4) is 0 Å². The summed E-state index contributed by atoms with van der Waals surface area (Å²) >= 11 is 5.88. The van der Waals surface area contributed by atoms with Gasteiger partial charge in [-0.2, -0.15) is 4.98 Å². The first-order chi connectivity index (χ1) is 11.6. The first-order valence-corrected chi connectivity index (χ1v) is 7.83. The Hall–Kier alpha value is -2.66. The Labute approximate surface area is 144 Å². The molecule has 0 aliphatic carbocycles. The van der Waals surface area contributed by atoms with Crippen LogP contribution in [0.1, 0.15) is 11.3 Å². The molecule has 24 heavy (non-hydrogen) atoms. The smallest absolute Gasteiger partial charge is 0.225 e. The molecule has 0 aliphatic heterocycles. The summed E-state index contributed by atoms with van der Waals surface area (Å²) in [4.78, 5) is 8.77. The lowest BCUT2D eigenvalue weighted by atomic mass is 10.2. The van der Waals surface area contributed by atoms with Gasteiger partial charge in [0.1, 0.15) is 11.6 Å².